The van der Waals surface area contributed by atoms with E-state index in [1.54, 1.807) is 13.0 Å². The van der Waals surface area contributed by atoms with Gasteiger partial charge in [0.05, 0.1) is 5.92 Å². The van der Waals surface area contributed by atoms with Crippen molar-refractivity contribution in [1.82, 2.24) is 0 Å². The minimum absolute atomic E-state index is 0.277. The van der Waals surface area contributed by atoms with Gasteiger partial charge in [-0.1, -0.05) is 18.6 Å². The Kier molecular flexibility index (Phi) is 3.21. The average molecular weight is 258 g/mol. The summed E-state index contributed by atoms with van der Waals surface area (Å²) in [7, 11) is 0. The first kappa shape index (κ1) is 13.1. The Hall–Kier alpha value is -1.32. The summed E-state index contributed by atoms with van der Waals surface area (Å²) < 4.78 is 51.6. The second-order valence-electron chi connectivity index (χ2n) is 4.60. The molecule has 1 atom stereocenters. The lowest BCUT2D eigenvalue weighted by atomic mass is 9.94. The zero-order chi connectivity index (χ0) is 13.5. The topological polar surface area (TPSA) is 0 Å². The summed E-state index contributed by atoms with van der Waals surface area (Å²) in [6.45, 7) is 2.98. The van der Waals surface area contributed by atoms with Crippen LogP contribution in [0, 0.1) is 11.7 Å². The van der Waals surface area contributed by atoms with Crippen molar-refractivity contribution in [2.75, 3.05) is 0 Å². The van der Waals surface area contributed by atoms with E-state index in [1.165, 1.54) is 19.1 Å². The van der Waals surface area contributed by atoms with Crippen LogP contribution in [0.5, 0.6) is 0 Å². The fraction of sp³-hybridized carbons (Fsp3) is 0.429. The Labute approximate surface area is 103 Å². The first-order valence-electron chi connectivity index (χ1n) is 5.92. The first-order chi connectivity index (χ1) is 8.34. The molecule has 0 radical (unpaired) electrons. The van der Waals surface area contributed by atoms with E-state index in [9.17, 15) is 17.6 Å². The Morgan fingerprint density at radius 3 is 2.50 bits per heavy atom. The summed E-state index contributed by atoms with van der Waals surface area (Å²) in [4.78, 5) is 0. The van der Waals surface area contributed by atoms with Gasteiger partial charge >= 0.3 is 6.18 Å². The van der Waals surface area contributed by atoms with E-state index >= 15 is 0 Å². The van der Waals surface area contributed by atoms with Gasteiger partial charge < -0.3 is 0 Å². The van der Waals surface area contributed by atoms with E-state index in [0.29, 0.717) is 23.1 Å². The average Bonchev–Trinajstić information content (AvgIpc) is 2.64. The van der Waals surface area contributed by atoms with Crippen LogP contribution < -0.4 is 0 Å². The predicted molar refractivity (Wildman–Crippen MR) is 62.5 cm³/mol. The van der Waals surface area contributed by atoms with Crippen molar-refractivity contribution in [2.45, 2.75) is 32.9 Å². The number of hydrogen-bond donors (Lipinski definition) is 0. The van der Waals surface area contributed by atoms with Crippen molar-refractivity contribution in [3.63, 3.8) is 0 Å². The maximum absolute atomic E-state index is 13.2. The van der Waals surface area contributed by atoms with Crippen LogP contribution in [0.2, 0.25) is 0 Å². The van der Waals surface area contributed by atoms with Crippen LogP contribution in [0.1, 0.15) is 31.4 Å². The largest absolute Gasteiger partial charge is 0.395 e. The number of fused-ring (bicyclic) bond motifs is 1. The molecule has 2 rings (SSSR count). The number of allylic oxidation sites excluding steroid dienone is 2. The normalized spacial score (nSPS) is 17.0. The molecule has 0 aliphatic heterocycles. The predicted octanol–water partition coefficient (Wildman–Crippen LogP) is 4.74. The lowest BCUT2D eigenvalue weighted by Gasteiger charge is -2.18. The highest BCUT2D eigenvalue weighted by Gasteiger charge is 2.41. The number of alkyl halides is 3. The Bertz CT molecular complexity index is 497. The van der Waals surface area contributed by atoms with Gasteiger partial charge in [-0.15, -0.1) is 0 Å². The molecule has 1 aromatic rings. The first-order valence-corrected chi connectivity index (χ1v) is 5.92. The maximum atomic E-state index is 13.2. The Balaban J connectivity index is 2.47. The molecule has 1 aliphatic carbocycles. The molecule has 0 amide bonds. The molecule has 0 spiro atoms. The van der Waals surface area contributed by atoms with E-state index in [-0.39, 0.29) is 6.42 Å². The summed E-state index contributed by atoms with van der Waals surface area (Å²) in [6, 6.07) is 4.22. The van der Waals surface area contributed by atoms with Crippen molar-refractivity contribution >= 4 is 5.57 Å². The third-order valence-corrected chi connectivity index (χ3v) is 3.53. The number of benzene rings is 1. The van der Waals surface area contributed by atoms with E-state index in [4.69, 9.17) is 0 Å². The highest BCUT2D eigenvalue weighted by Crippen LogP contribution is 2.43. The minimum atomic E-state index is -4.24. The summed E-state index contributed by atoms with van der Waals surface area (Å²) in [5.74, 6) is -1.87. The molecule has 0 nitrogen and oxygen atoms in total. The summed E-state index contributed by atoms with van der Waals surface area (Å²) in [5, 5.41) is 0. The van der Waals surface area contributed by atoms with Crippen LogP contribution >= 0.6 is 0 Å². The molecule has 0 aromatic heterocycles. The van der Waals surface area contributed by atoms with Crippen LogP contribution in [-0.2, 0) is 6.42 Å². The van der Waals surface area contributed by atoms with Crippen LogP contribution in [0.4, 0.5) is 17.6 Å². The van der Waals surface area contributed by atoms with Crippen molar-refractivity contribution in [3.8, 4) is 0 Å². The molecule has 0 saturated heterocycles. The molecule has 0 heterocycles. The second-order valence-corrected chi connectivity index (χ2v) is 4.60. The summed E-state index contributed by atoms with van der Waals surface area (Å²) in [6.07, 6.45) is -3.47. The van der Waals surface area contributed by atoms with Gasteiger partial charge in [-0.2, -0.15) is 13.2 Å². The summed E-state index contributed by atoms with van der Waals surface area (Å²) in [5.41, 5.74) is 2.46. The number of halogens is 4. The maximum Gasteiger partial charge on any atom is 0.395 e. The van der Waals surface area contributed by atoms with Crippen molar-refractivity contribution in [3.05, 3.63) is 40.7 Å². The van der Waals surface area contributed by atoms with Gasteiger partial charge in [0.1, 0.15) is 5.82 Å². The van der Waals surface area contributed by atoms with Gasteiger partial charge in [0.15, 0.2) is 0 Å². The van der Waals surface area contributed by atoms with E-state index in [2.05, 4.69) is 0 Å². The molecule has 0 N–H and O–H groups in total. The van der Waals surface area contributed by atoms with Gasteiger partial charge in [0.25, 0.3) is 0 Å². The standard InChI is InChI=1S/C14H14F4/c1-3-11-12(8(2)14(16,17)18)6-9-4-5-10(15)7-13(9)11/h4-5,7-8H,3,6H2,1-2H3. The molecule has 4 heteroatoms. The van der Waals surface area contributed by atoms with Gasteiger partial charge in [0.2, 0.25) is 0 Å². The monoisotopic (exact) mass is 258 g/mol. The molecule has 18 heavy (non-hydrogen) atoms. The van der Waals surface area contributed by atoms with Gasteiger partial charge in [-0.25, -0.2) is 4.39 Å². The smallest absolute Gasteiger partial charge is 0.207 e. The molecule has 0 saturated carbocycles. The van der Waals surface area contributed by atoms with E-state index in [1.807, 2.05) is 0 Å². The highest BCUT2D eigenvalue weighted by atomic mass is 19.4. The third kappa shape index (κ3) is 2.16. The number of rotatable bonds is 2. The van der Waals surface area contributed by atoms with E-state index in [0.717, 1.165) is 5.56 Å². The molecule has 0 bridgehead atoms. The fourth-order valence-corrected chi connectivity index (χ4v) is 2.50. The molecule has 1 aromatic carbocycles. The quantitative estimate of drug-likeness (QED) is 0.672. The second kappa shape index (κ2) is 4.41. The van der Waals surface area contributed by atoms with Crippen molar-refractivity contribution in [2.24, 2.45) is 5.92 Å². The molecular weight excluding hydrogens is 244 g/mol. The fourth-order valence-electron chi connectivity index (χ4n) is 2.50. The lowest BCUT2D eigenvalue weighted by molar-refractivity contribution is -0.159. The summed E-state index contributed by atoms with van der Waals surface area (Å²) >= 11 is 0. The van der Waals surface area contributed by atoms with E-state index < -0.39 is 17.9 Å². The zero-order valence-electron chi connectivity index (χ0n) is 10.2. The van der Waals surface area contributed by atoms with Crippen molar-refractivity contribution in [1.29, 1.82) is 0 Å². The van der Waals surface area contributed by atoms with Crippen LogP contribution in [0.15, 0.2) is 23.8 Å². The lowest BCUT2D eigenvalue weighted by Crippen LogP contribution is -2.22. The van der Waals surface area contributed by atoms with Crippen LogP contribution in [0.25, 0.3) is 5.57 Å². The molecule has 98 valence electrons. The highest BCUT2D eigenvalue weighted by molar-refractivity contribution is 5.76. The van der Waals surface area contributed by atoms with Crippen LogP contribution in [-0.4, -0.2) is 6.18 Å². The van der Waals surface area contributed by atoms with Gasteiger partial charge in [-0.05, 0) is 48.6 Å². The zero-order valence-corrected chi connectivity index (χ0v) is 10.2. The van der Waals surface area contributed by atoms with Crippen LogP contribution in [0.3, 0.4) is 0 Å². The third-order valence-electron chi connectivity index (χ3n) is 3.53. The molecule has 1 aliphatic rings. The molecule has 1 unspecified atom stereocenters. The SMILES string of the molecule is CCC1=C(C(C)C(F)(F)F)Cc2ccc(F)cc21. The van der Waals surface area contributed by atoms with Gasteiger partial charge in [0, 0.05) is 0 Å². The van der Waals surface area contributed by atoms with Crippen molar-refractivity contribution < 1.29 is 17.6 Å². The Morgan fingerprint density at radius 2 is 1.94 bits per heavy atom. The number of hydrogen-bond acceptors (Lipinski definition) is 0. The molecular formula is C14H14F4. The Morgan fingerprint density at radius 1 is 1.28 bits per heavy atom. The minimum Gasteiger partial charge on any atom is -0.207 e. The van der Waals surface area contributed by atoms with Gasteiger partial charge in [-0.3, -0.25) is 0 Å². The molecule has 0 fully saturated rings.